The van der Waals surface area contributed by atoms with Crippen LogP contribution >= 0.6 is 0 Å². The summed E-state index contributed by atoms with van der Waals surface area (Å²) in [7, 11) is -3.57. The van der Waals surface area contributed by atoms with Gasteiger partial charge in [-0.2, -0.15) is 0 Å². The number of hydrogen-bond acceptors (Lipinski definition) is 11. The number of aromatic nitrogens is 2. The number of piperidine rings is 1. The van der Waals surface area contributed by atoms with Crippen molar-refractivity contribution in [3.8, 4) is 11.8 Å². The first-order valence-corrected chi connectivity index (χ1v) is 14.4. The van der Waals surface area contributed by atoms with E-state index in [0.717, 1.165) is 12.3 Å². The van der Waals surface area contributed by atoms with Crippen molar-refractivity contribution in [2.24, 2.45) is 5.73 Å². The molecule has 2 N–H and O–H groups in total. The minimum Gasteiger partial charge on any atom is -0.474 e. The van der Waals surface area contributed by atoms with Crippen molar-refractivity contribution in [1.82, 2.24) is 14.9 Å². The van der Waals surface area contributed by atoms with Crippen LogP contribution < -0.4 is 15.2 Å². The highest BCUT2D eigenvalue weighted by atomic mass is 32.2. The summed E-state index contributed by atoms with van der Waals surface area (Å²) in [6, 6.07) is 2.18. The number of rotatable bonds is 8. The van der Waals surface area contributed by atoms with Gasteiger partial charge in [0.2, 0.25) is 11.8 Å². The molecule has 2 atom stereocenters. The number of likely N-dealkylation sites (tertiary alicyclic amines) is 1. The van der Waals surface area contributed by atoms with E-state index in [9.17, 15) is 22.4 Å². The molecule has 1 aromatic carbocycles. The molecular weight excluding hydrogens is 535 g/mol. The maximum atomic E-state index is 14.4. The SMILES string of the molecule is Cc1c(OC(=O)[C@@H](N)Cc2ccc(S(C)(=O)=O)cc2F)ncnc1OC1CCN(C(=O)O[C@H]2CCOC2)CC1. The molecule has 0 aliphatic carbocycles. The van der Waals surface area contributed by atoms with Crippen molar-refractivity contribution in [3.05, 3.63) is 41.5 Å². The summed E-state index contributed by atoms with van der Waals surface area (Å²) < 4.78 is 59.6. The van der Waals surface area contributed by atoms with Crippen LogP contribution in [-0.4, -0.2) is 86.2 Å². The number of carbonyl (C=O) groups is 2. The lowest BCUT2D eigenvalue weighted by Gasteiger charge is -2.32. The van der Waals surface area contributed by atoms with Crippen molar-refractivity contribution in [2.45, 2.75) is 55.8 Å². The maximum absolute atomic E-state index is 14.4. The number of nitrogens with zero attached hydrogens (tertiary/aromatic N) is 3. The van der Waals surface area contributed by atoms with E-state index in [1.165, 1.54) is 18.5 Å². The van der Waals surface area contributed by atoms with Crippen molar-refractivity contribution < 1.29 is 41.3 Å². The van der Waals surface area contributed by atoms with Crippen LogP contribution in [0.15, 0.2) is 29.4 Å². The quantitative estimate of drug-likeness (QED) is 0.462. The van der Waals surface area contributed by atoms with Crippen molar-refractivity contribution >= 4 is 21.9 Å². The number of carbonyl (C=O) groups excluding carboxylic acids is 2. The van der Waals surface area contributed by atoms with Gasteiger partial charge >= 0.3 is 12.1 Å². The van der Waals surface area contributed by atoms with E-state index in [1.807, 2.05) is 0 Å². The van der Waals surface area contributed by atoms with Gasteiger partial charge in [-0.15, -0.1) is 0 Å². The standard InChI is InChI=1S/C25H31FN4O8S/c1-15-22(36-17-5-8-30(9-6-17)25(32)37-18-7-10-35-13-18)28-14-29-23(15)38-24(31)21(27)11-16-3-4-19(12-20(16)26)39(2,33)34/h3-4,12,14,17-18,21H,5-11,13,27H2,1-2H3/t18-,21-/m0/s1. The van der Waals surface area contributed by atoms with Gasteiger partial charge in [-0.25, -0.2) is 32.4 Å². The zero-order valence-corrected chi connectivity index (χ0v) is 22.5. The largest absolute Gasteiger partial charge is 0.474 e. The fraction of sp³-hybridized carbons (Fsp3) is 0.520. The number of amides is 1. The Hall–Kier alpha value is -3.36. The van der Waals surface area contributed by atoms with E-state index in [0.29, 0.717) is 51.1 Å². The third kappa shape index (κ3) is 7.40. The lowest BCUT2D eigenvalue weighted by Crippen LogP contribution is -2.43. The zero-order valence-electron chi connectivity index (χ0n) is 21.7. The predicted octanol–water partition coefficient (Wildman–Crippen LogP) is 1.57. The zero-order chi connectivity index (χ0) is 28.2. The van der Waals surface area contributed by atoms with E-state index in [-0.39, 0.29) is 46.9 Å². The van der Waals surface area contributed by atoms with Gasteiger partial charge < -0.3 is 29.6 Å². The minimum atomic E-state index is -3.57. The Kier molecular flexibility index (Phi) is 8.97. The number of ether oxygens (including phenoxy) is 4. The van der Waals surface area contributed by atoms with Crippen LogP contribution in [-0.2, 0) is 30.5 Å². The number of sulfone groups is 1. The molecular formula is C25H31FN4O8S. The average Bonchev–Trinajstić information content (AvgIpc) is 3.40. The third-order valence-corrected chi connectivity index (χ3v) is 7.63. The van der Waals surface area contributed by atoms with E-state index in [1.54, 1.807) is 11.8 Å². The molecule has 3 heterocycles. The van der Waals surface area contributed by atoms with Gasteiger partial charge in [0.05, 0.1) is 23.7 Å². The normalized spacial score (nSPS) is 19.0. The molecule has 0 bridgehead atoms. The molecule has 4 rings (SSSR count). The number of esters is 1. The molecule has 0 radical (unpaired) electrons. The Morgan fingerprint density at radius 1 is 1.18 bits per heavy atom. The van der Waals surface area contributed by atoms with Gasteiger partial charge in [0, 0.05) is 45.0 Å². The van der Waals surface area contributed by atoms with E-state index >= 15 is 0 Å². The molecule has 14 heteroatoms. The number of nitrogens with two attached hydrogens (primary N) is 1. The Labute approximate surface area is 225 Å². The number of hydrogen-bond donors (Lipinski definition) is 1. The molecule has 2 fully saturated rings. The van der Waals surface area contributed by atoms with Crippen LogP contribution in [0.5, 0.6) is 11.8 Å². The third-order valence-electron chi connectivity index (χ3n) is 6.52. The van der Waals surface area contributed by atoms with Crippen LogP contribution in [0.3, 0.4) is 0 Å². The highest BCUT2D eigenvalue weighted by molar-refractivity contribution is 7.90. The smallest absolute Gasteiger partial charge is 0.410 e. The summed E-state index contributed by atoms with van der Waals surface area (Å²) in [6.45, 7) is 3.56. The molecule has 2 aliphatic heterocycles. The molecule has 0 spiro atoms. The molecule has 2 saturated heterocycles. The first-order chi connectivity index (χ1) is 18.5. The summed E-state index contributed by atoms with van der Waals surface area (Å²) in [4.78, 5) is 34.6. The summed E-state index contributed by atoms with van der Waals surface area (Å²) in [6.07, 6.45) is 2.98. The summed E-state index contributed by atoms with van der Waals surface area (Å²) in [5, 5.41) is 0. The van der Waals surface area contributed by atoms with Gasteiger partial charge in [0.15, 0.2) is 9.84 Å². The van der Waals surface area contributed by atoms with Gasteiger partial charge in [-0.3, -0.25) is 0 Å². The van der Waals surface area contributed by atoms with Crippen LogP contribution in [0.25, 0.3) is 0 Å². The Morgan fingerprint density at radius 2 is 1.90 bits per heavy atom. The summed E-state index contributed by atoms with van der Waals surface area (Å²) >= 11 is 0. The monoisotopic (exact) mass is 566 g/mol. The molecule has 12 nitrogen and oxygen atoms in total. The highest BCUT2D eigenvalue weighted by Gasteiger charge is 2.29. The fourth-order valence-corrected chi connectivity index (χ4v) is 4.83. The number of benzene rings is 1. The van der Waals surface area contributed by atoms with Gasteiger partial charge in [0.1, 0.15) is 30.4 Å². The molecule has 1 amide bonds. The fourth-order valence-electron chi connectivity index (χ4n) is 4.19. The maximum Gasteiger partial charge on any atom is 0.410 e. The lowest BCUT2D eigenvalue weighted by molar-refractivity contribution is -0.136. The van der Waals surface area contributed by atoms with Crippen LogP contribution in [0.1, 0.15) is 30.4 Å². The molecule has 0 saturated carbocycles. The Balaban J connectivity index is 1.31. The van der Waals surface area contributed by atoms with E-state index in [2.05, 4.69) is 9.97 Å². The molecule has 39 heavy (non-hydrogen) atoms. The van der Waals surface area contributed by atoms with Crippen molar-refractivity contribution in [3.63, 3.8) is 0 Å². The molecule has 212 valence electrons. The van der Waals surface area contributed by atoms with Crippen LogP contribution in [0.2, 0.25) is 0 Å². The van der Waals surface area contributed by atoms with E-state index < -0.39 is 27.7 Å². The molecule has 2 aliphatic rings. The number of halogens is 1. The van der Waals surface area contributed by atoms with Crippen LogP contribution in [0, 0.1) is 12.7 Å². The van der Waals surface area contributed by atoms with Crippen LogP contribution in [0.4, 0.5) is 9.18 Å². The van der Waals surface area contributed by atoms with Crippen molar-refractivity contribution in [1.29, 1.82) is 0 Å². The lowest BCUT2D eigenvalue weighted by atomic mass is 10.1. The van der Waals surface area contributed by atoms with Gasteiger partial charge in [0.25, 0.3) is 0 Å². The van der Waals surface area contributed by atoms with Crippen molar-refractivity contribution in [2.75, 3.05) is 32.6 Å². The second kappa shape index (κ2) is 12.2. The second-order valence-corrected chi connectivity index (χ2v) is 11.6. The predicted molar refractivity (Wildman–Crippen MR) is 135 cm³/mol. The molecule has 2 aromatic rings. The first kappa shape index (κ1) is 28.6. The molecule has 0 unspecified atom stereocenters. The van der Waals surface area contributed by atoms with Gasteiger partial charge in [-0.05, 0) is 24.6 Å². The Bertz CT molecular complexity index is 1310. The Morgan fingerprint density at radius 3 is 2.54 bits per heavy atom. The van der Waals surface area contributed by atoms with E-state index in [4.69, 9.17) is 24.7 Å². The first-order valence-electron chi connectivity index (χ1n) is 12.5. The summed E-state index contributed by atoms with van der Waals surface area (Å²) in [5.41, 5.74) is 6.38. The van der Waals surface area contributed by atoms with Gasteiger partial charge in [-0.1, -0.05) is 6.07 Å². The topological polar surface area (TPSA) is 160 Å². The average molecular weight is 567 g/mol. The molecule has 1 aromatic heterocycles. The minimum absolute atomic E-state index is 0.0480. The highest BCUT2D eigenvalue weighted by Crippen LogP contribution is 2.26. The second-order valence-electron chi connectivity index (χ2n) is 9.54. The summed E-state index contributed by atoms with van der Waals surface area (Å²) in [5.74, 6) is -1.46.